The Morgan fingerprint density at radius 3 is 2.00 bits per heavy atom. The van der Waals surface area contributed by atoms with Gasteiger partial charge >= 0.3 is 0 Å². The molecule has 0 aliphatic heterocycles. The van der Waals surface area contributed by atoms with E-state index in [1.165, 1.54) is 5.56 Å². The van der Waals surface area contributed by atoms with Gasteiger partial charge in [0.25, 0.3) is 0 Å². The highest BCUT2D eigenvalue weighted by atomic mass is 16.5. The third-order valence-corrected chi connectivity index (χ3v) is 3.73. The van der Waals surface area contributed by atoms with E-state index >= 15 is 0 Å². The average molecular weight is 305 g/mol. The molecule has 0 saturated carbocycles. The summed E-state index contributed by atoms with van der Waals surface area (Å²) in [6, 6.07) is 25.5. The summed E-state index contributed by atoms with van der Waals surface area (Å²) in [5.41, 5.74) is 3.32. The van der Waals surface area contributed by atoms with Gasteiger partial charge in [-0.3, -0.25) is 0 Å². The first kappa shape index (κ1) is 15.0. The summed E-state index contributed by atoms with van der Waals surface area (Å²) in [5, 5.41) is 9.52. The van der Waals surface area contributed by atoms with Crippen molar-refractivity contribution in [1.29, 1.82) is 0 Å². The second-order valence-electron chi connectivity index (χ2n) is 5.29. The Kier molecular flexibility index (Phi) is 4.48. The third kappa shape index (κ3) is 3.64. The van der Waals surface area contributed by atoms with Gasteiger partial charge in [-0.25, -0.2) is 0 Å². The van der Waals surface area contributed by atoms with Crippen LogP contribution in [0, 0.1) is 0 Å². The molecule has 3 aromatic carbocycles. The second-order valence-corrected chi connectivity index (χ2v) is 5.29. The number of para-hydroxylation sites is 1. The van der Waals surface area contributed by atoms with Gasteiger partial charge in [-0.1, -0.05) is 30.3 Å². The number of phenols is 1. The number of hydrogen-bond donors (Lipinski definition) is 1. The summed E-state index contributed by atoms with van der Waals surface area (Å²) in [7, 11) is 1.67. The molecule has 116 valence electrons. The Morgan fingerprint density at radius 2 is 1.39 bits per heavy atom. The van der Waals surface area contributed by atoms with Crippen molar-refractivity contribution in [2.24, 2.45) is 0 Å². The zero-order chi connectivity index (χ0) is 16.1. The molecule has 1 N–H and O–H groups in total. The zero-order valence-electron chi connectivity index (χ0n) is 13.0. The fourth-order valence-corrected chi connectivity index (χ4v) is 2.49. The molecule has 3 rings (SSSR count). The smallest absolute Gasteiger partial charge is 0.118 e. The van der Waals surface area contributed by atoms with Crippen LogP contribution in [0.25, 0.3) is 0 Å². The number of ether oxygens (including phenoxy) is 1. The van der Waals surface area contributed by atoms with E-state index in [4.69, 9.17) is 4.74 Å². The molecule has 0 unspecified atom stereocenters. The molecule has 0 bridgehead atoms. The standard InChI is InChI=1S/C20H19NO2/c1-23-20-13-7-16(8-14-20)15-21(17-5-3-2-4-6-17)18-9-11-19(22)12-10-18/h2-14,22H,15H2,1H3. The number of nitrogens with zero attached hydrogens (tertiary/aromatic N) is 1. The highest BCUT2D eigenvalue weighted by Crippen LogP contribution is 2.29. The Bertz CT molecular complexity index is 737. The average Bonchev–Trinajstić information content (AvgIpc) is 2.62. The van der Waals surface area contributed by atoms with E-state index in [0.717, 1.165) is 23.7 Å². The van der Waals surface area contributed by atoms with Gasteiger partial charge < -0.3 is 14.7 Å². The predicted octanol–water partition coefficient (Wildman–Crippen LogP) is 4.74. The van der Waals surface area contributed by atoms with Gasteiger partial charge in [0.1, 0.15) is 11.5 Å². The second kappa shape index (κ2) is 6.88. The van der Waals surface area contributed by atoms with Crippen molar-refractivity contribution in [3.63, 3.8) is 0 Å². The Labute approximate surface area is 136 Å². The van der Waals surface area contributed by atoms with Crippen LogP contribution in [0.1, 0.15) is 5.56 Å². The van der Waals surface area contributed by atoms with Crippen LogP contribution in [0.4, 0.5) is 11.4 Å². The number of rotatable bonds is 5. The number of methoxy groups -OCH3 is 1. The van der Waals surface area contributed by atoms with Gasteiger partial charge in [0.05, 0.1) is 7.11 Å². The minimum atomic E-state index is 0.270. The first-order valence-corrected chi connectivity index (χ1v) is 7.51. The van der Waals surface area contributed by atoms with E-state index in [2.05, 4.69) is 29.2 Å². The van der Waals surface area contributed by atoms with Crippen LogP contribution >= 0.6 is 0 Å². The van der Waals surface area contributed by atoms with Gasteiger partial charge in [0, 0.05) is 17.9 Å². The molecule has 0 saturated heterocycles. The van der Waals surface area contributed by atoms with Gasteiger partial charge in [-0.05, 0) is 54.1 Å². The fraction of sp³-hybridized carbons (Fsp3) is 0.100. The van der Waals surface area contributed by atoms with Gasteiger partial charge in [-0.15, -0.1) is 0 Å². The summed E-state index contributed by atoms with van der Waals surface area (Å²) in [6.45, 7) is 0.735. The van der Waals surface area contributed by atoms with Crippen LogP contribution in [0.5, 0.6) is 11.5 Å². The van der Waals surface area contributed by atoms with E-state index < -0.39 is 0 Å². The molecule has 0 aliphatic carbocycles. The number of benzene rings is 3. The lowest BCUT2D eigenvalue weighted by Gasteiger charge is -2.25. The minimum absolute atomic E-state index is 0.270. The minimum Gasteiger partial charge on any atom is -0.508 e. The Morgan fingerprint density at radius 1 is 0.783 bits per heavy atom. The van der Waals surface area contributed by atoms with Gasteiger partial charge in [0.15, 0.2) is 0 Å². The van der Waals surface area contributed by atoms with Crippen molar-refractivity contribution in [3.05, 3.63) is 84.4 Å². The van der Waals surface area contributed by atoms with Crippen molar-refractivity contribution in [2.45, 2.75) is 6.54 Å². The molecule has 0 aliphatic rings. The highest BCUT2D eigenvalue weighted by Gasteiger charge is 2.10. The predicted molar refractivity (Wildman–Crippen MR) is 93.4 cm³/mol. The first-order valence-electron chi connectivity index (χ1n) is 7.51. The van der Waals surface area contributed by atoms with Crippen LogP contribution in [-0.4, -0.2) is 12.2 Å². The molecule has 0 heterocycles. The molecule has 3 nitrogen and oxygen atoms in total. The molecule has 0 spiro atoms. The third-order valence-electron chi connectivity index (χ3n) is 3.73. The molecular weight excluding hydrogens is 286 g/mol. The van der Waals surface area contributed by atoms with E-state index in [0.29, 0.717) is 0 Å². The highest BCUT2D eigenvalue weighted by molar-refractivity contribution is 5.64. The van der Waals surface area contributed by atoms with E-state index in [1.807, 2.05) is 42.5 Å². The van der Waals surface area contributed by atoms with Crippen LogP contribution in [0.15, 0.2) is 78.9 Å². The SMILES string of the molecule is COc1ccc(CN(c2ccccc2)c2ccc(O)cc2)cc1. The molecular formula is C20H19NO2. The monoisotopic (exact) mass is 305 g/mol. The molecule has 0 amide bonds. The summed E-state index contributed by atoms with van der Waals surface area (Å²) in [5.74, 6) is 1.12. The van der Waals surface area contributed by atoms with Gasteiger partial charge in [0.2, 0.25) is 0 Å². The normalized spacial score (nSPS) is 10.3. The lowest BCUT2D eigenvalue weighted by atomic mass is 10.1. The van der Waals surface area contributed by atoms with E-state index in [9.17, 15) is 5.11 Å². The molecule has 3 heteroatoms. The largest absolute Gasteiger partial charge is 0.508 e. The maximum Gasteiger partial charge on any atom is 0.118 e. The summed E-state index contributed by atoms with van der Waals surface area (Å²) in [6.07, 6.45) is 0. The van der Waals surface area contributed by atoms with Crippen molar-refractivity contribution in [3.8, 4) is 11.5 Å². The lowest BCUT2D eigenvalue weighted by molar-refractivity contribution is 0.414. The van der Waals surface area contributed by atoms with Crippen molar-refractivity contribution in [2.75, 3.05) is 12.0 Å². The maximum atomic E-state index is 9.52. The first-order chi connectivity index (χ1) is 11.3. The fourth-order valence-electron chi connectivity index (χ4n) is 2.49. The molecule has 23 heavy (non-hydrogen) atoms. The lowest BCUT2D eigenvalue weighted by Crippen LogP contribution is -2.16. The molecule has 0 aromatic heterocycles. The Hall–Kier alpha value is -2.94. The van der Waals surface area contributed by atoms with Crippen LogP contribution in [-0.2, 0) is 6.54 Å². The van der Waals surface area contributed by atoms with E-state index in [1.54, 1.807) is 19.2 Å². The quantitative estimate of drug-likeness (QED) is 0.739. The number of anilines is 2. The van der Waals surface area contributed by atoms with Crippen molar-refractivity contribution in [1.82, 2.24) is 0 Å². The van der Waals surface area contributed by atoms with Crippen LogP contribution in [0.2, 0.25) is 0 Å². The molecule has 0 fully saturated rings. The van der Waals surface area contributed by atoms with Crippen molar-refractivity contribution >= 4 is 11.4 Å². The Balaban J connectivity index is 1.93. The van der Waals surface area contributed by atoms with E-state index in [-0.39, 0.29) is 5.75 Å². The molecule has 0 radical (unpaired) electrons. The maximum absolute atomic E-state index is 9.52. The topological polar surface area (TPSA) is 32.7 Å². The number of hydrogen-bond acceptors (Lipinski definition) is 3. The van der Waals surface area contributed by atoms with Crippen molar-refractivity contribution < 1.29 is 9.84 Å². The number of aromatic hydroxyl groups is 1. The molecule has 3 aromatic rings. The van der Waals surface area contributed by atoms with Gasteiger partial charge in [-0.2, -0.15) is 0 Å². The van der Waals surface area contributed by atoms with Crippen LogP contribution in [0.3, 0.4) is 0 Å². The summed E-state index contributed by atoms with van der Waals surface area (Å²) >= 11 is 0. The summed E-state index contributed by atoms with van der Waals surface area (Å²) < 4.78 is 5.22. The molecule has 0 atom stereocenters. The zero-order valence-corrected chi connectivity index (χ0v) is 13.0. The van der Waals surface area contributed by atoms with Crippen LogP contribution < -0.4 is 9.64 Å². The summed E-state index contributed by atoms with van der Waals surface area (Å²) in [4.78, 5) is 2.21. The number of phenolic OH excluding ortho intramolecular Hbond substituents is 1.